The molecule has 0 aromatic heterocycles. The number of ether oxygens (including phenoxy) is 1. The highest BCUT2D eigenvalue weighted by Gasteiger charge is 2.33. The number of urea groups is 1. The van der Waals surface area contributed by atoms with Crippen LogP contribution in [0.25, 0.3) is 6.08 Å². The van der Waals surface area contributed by atoms with Gasteiger partial charge in [-0.2, -0.15) is 0 Å². The molecule has 0 bridgehead atoms. The van der Waals surface area contributed by atoms with Gasteiger partial charge in [-0.3, -0.25) is 9.69 Å². The lowest BCUT2D eigenvalue weighted by Gasteiger charge is -2.11. The Labute approximate surface area is 187 Å². The highest BCUT2D eigenvalue weighted by Crippen LogP contribution is 2.28. The second-order valence-electron chi connectivity index (χ2n) is 6.97. The van der Waals surface area contributed by atoms with Crippen LogP contribution in [0.1, 0.15) is 16.7 Å². The van der Waals surface area contributed by atoms with Crippen LogP contribution in [0.2, 0.25) is 0 Å². The Morgan fingerprint density at radius 2 is 1.71 bits per heavy atom. The largest absolute Gasteiger partial charge is 0.488 e. The van der Waals surface area contributed by atoms with E-state index in [0.29, 0.717) is 16.8 Å². The van der Waals surface area contributed by atoms with Crippen LogP contribution in [0.15, 0.2) is 83.0 Å². The Morgan fingerprint density at radius 1 is 0.968 bits per heavy atom. The zero-order chi connectivity index (χ0) is 21.8. The summed E-state index contributed by atoms with van der Waals surface area (Å²) in [7, 11) is 0. The minimum Gasteiger partial charge on any atom is -0.488 e. The molecule has 3 aromatic carbocycles. The first-order chi connectivity index (χ1) is 15.0. The highest BCUT2D eigenvalue weighted by molar-refractivity contribution is 9.10. The van der Waals surface area contributed by atoms with Crippen LogP contribution in [0.5, 0.6) is 5.75 Å². The average molecular weight is 481 g/mol. The van der Waals surface area contributed by atoms with Crippen LogP contribution in [-0.2, 0) is 17.9 Å². The third-order valence-electron chi connectivity index (χ3n) is 4.72. The number of rotatable bonds is 6. The number of hydrogen-bond donors (Lipinski definition) is 1. The zero-order valence-corrected chi connectivity index (χ0v) is 17.9. The van der Waals surface area contributed by atoms with Crippen molar-refractivity contribution >= 4 is 33.9 Å². The molecule has 1 heterocycles. The fourth-order valence-corrected chi connectivity index (χ4v) is 3.62. The van der Waals surface area contributed by atoms with Gasteiger partial charge in [-0.1, -0.05) is 48.5 Å². The maximum atomic E-state index is 13.0. The Bertz CT molecular complexity index is 1150. The van der Waals surface area contributed by atoms with E-state index in [1.165, 1.54) is 17.0 Å². The average Bonchev–Trinajstić information content (AvgIpc) is 3.02. The molecule has 0 spiro atoms. The fraction of sp³-hybridized carbons (Fsp3) is 0.0833. The minimum atomic E-state index is -0.446. The molecule has 0 aliphatic carbocycles. The van der Waals surface area contributed by atoms with Gasteiger partial charge in [-0.25, -0.2) is 9.18 Å². The molecule has 1 aliphatic heterocycles. The van der Waals surface area contributed by atoms with Crippen molar-refractivity contribution in [3.8, 4) is 5.75 Å². The van der Waals surface area contributed by atoms with Crippen LogP contribution < -0.4 is 10.1 Å². The summed E-state index contributed by atoms with van der Waals surface area (Å²) in [5.74, 6) is -0.0567. The summed E-state index contributed by atoms with van der Waals surface area (Å²) in [6.45, 7) is 0.505. The number of imide groups is 1. The monoisotopic (exact) mass is 480 g/mol. The van der Waals surface area contributed by atoms with Crippen molar-refractivity contribution < 1.29 is 18.7 Å². The van der Waals surface area contributed by atoms with E-state index >= 15 is 0 Å². The predicted octanol–water partition coefficient (Wildman–Crippen LogP) is 5.26. The maximum absolute atomic E-state index is 13.0. The second kappa shape index (κ2) is 9.14. The van der Waals surface area contributed by atoms with E-state index in [2.05, 4.69) is 21.2 Å². The normalized spacial score (nSPS) is 14.8. The molecule has 3 amide bonds. The van der Waals surface area contributed by atoms with Gasteiger partial charge in [0.05, 0.1) is 11.0 Å². The van der Waals surface area contributed by atoms with Crippen molar-refractivity contribution in [3.05, 3.63) is 105 Å². The number of nitrogens with one attached hydrogen (secondary N) is 1. The van der Waals surface area contributed by atoms with Crippen LogP contribution in [0.3, 0.4) is 0 Å². The lowest BCUT2D eigenvalue weighted by atomic mass is 10.1. The van der Waals surface area contributed by atoms with Crippen LogP contribution in [0.4, 0.5) is 9.18 Å². The summed E-state index contributed by atoms with van der Waals surface area (Å²) < 4.78 is 19.5. The molecule has 0 atom stereocenters. The predicted molar refractivity (Wildman–Crippen MR) is 118 cm³/mol. The standard InChI is InChI=1S/C24H18BrFN2O3/c25-20-12-18(8-11-22(20)31-15-17-6-9-19(26)10-7-17)13-21-23(29)28(24(30)27-21)14-16-4-2-1-3-5-16/h1-13H,14-15H2,(H,27,30)/b21-13-. The van der Waals surface area contributed by atoms with Crippen molar-refractivity contribution in [2.24, 2.45) is 0 Å². The zero-order valence-electron chi connectivity index (χ0n) is 16.3. The smallest absolute Gasteiger partial charge is 0.329 e. The van der Waals surface area contributed by atoms with Gasteiger partial charge >= 0.3 is 6.03 Å². The molecule has 1 N–H and O–H groups in total. The quantitative estimate of drug-likeness (QED) is 0.386. The van der Waals surface area contributed by atoms with E-state index in [9.17, 15) is 14.0 Å². The topological polar surface area (TPSA) is 58.6 Å². The Hall–Kier alpha value is -3.45. The number of hydrogen-bond acceptors (Lipinski definition) is 3. The number of halogens is 2. The summed E-state index contributed by atoms with van der Waals surface area (Å²) in [5, 5.41) is 2.63. The molecule has 7 heteroatoms. The molecule has 5 nitrogen and oxygen atoms in total. The lowest BCUT2D eigenvalue weighted by Crippen LogP contribution is -2.30. The SMILES string of the molecule is O=C1N/C(=C\c2ccc(OCc3ccc(F)cc3)c(Br)c2)C(=O)N1Cc1ccccc1. The molecular weight excluding hydrogens is 463 g/mol. The molecule has 1 aliphatic rings. The van der Waals surface area contributed by atoms with Crippen molar-refractivity contribution in [2.45, 2.75) is 13.2 Å². The van der Waals surface area contributed by atoms with Gasteiger partial charge in [0.2, 0.25) is 0 Å². The minimum absolute atomic E-state index is 0.211. The van der Waals surface area contributed by atoms with Crippen molar-refractivity contribution in [1.29, 1.82) is 0 Å². The lowest BCUT2D eigenvalue weighted by molar-refractivity contribution is -0.123. The first-order valence-electron chi connectivity index (χ1n) is 9.55. The Morgan fingerprint density at radius 3 is 2.42 bits per heavy atom. The van der Waals surface area contributed by atoms with Gasteiger partial charge in [0.15, 0.2) is 0 Å². The van der Waals surface area contributed by atoms with Crippen molar-refractivity contribution in [2.75, 3.05) is 0 Å². The molecule has 0 saturated carbocycles. The number of amides is 3. The number of carbonyl (C=O) groups is 2. The summed E-state index contributed by atoms with van der Waals surface area (Å²) in [5.41, 5.74) is 2.66. The summed E-state index contributed by atoms with van der Waals surface area (Å²) in [6, 6.07) is 20.3. The van der Waals surface area contributed by atoms with E-state index in [-0.39, 0.29) is 24.0 Å². The number of benzene rings is 3. The molecule has 4 rings (SSSR count). The fourth-order valence-electron chi connectivity index (χ4n) is 3.11. The Kier molecular flexibility index (Phi) is 6.13. The molecule has 31 heavy (non-hydrogen) atoms. The van der Waals surface area contributed by atoms with Crippen LogP contribution >= 0.6 is 15.9 Å². The van der Waals surface area contributed by atoms with E-state index in [1.807, 2.05) is 30.3 Å². The molecule has 0 unspecified atom stereocenters. The van der Waals surface area contributed by atoms with Gasteiger partial charge in [0.1, 0.15) is 23.9 Å². The van der Waals surface area contributed by atoms with Gasteiger partial charge < -0.3 is 10.1 Å². The Balaban J connectivity index is 1.44. The third kappa shape index (κ3) is 5.00. The molecule has 0 radical (unpaired) electrons. The van der Waals surface area contributed by atoms with E-state index in [0.717, 1.165) is 16.7 Å². The molecular formula is C24H18BrFN2O3. The highest BCUT2D eigenvalue weighted by atomic mass is 79.9. The van der Waals surface area contributed by atoms with Crippen molar-refractivity contribution in [3.63, 3.8) is 0 Å². The number of carbonyl (C=O) groups excluding carboxylic acids is 2. The summed E-state index contributed by atoms with van der Waals surface area (Å²) in [6.07, 6.45) is 1.62. The van der Waals surface area contributed by atoms with Gasteiger partial charge in [-0.15, -0.1) is 0 Å². The van der Waals surface area contributed by atoms with Crippen LogP contribution in [0, 0.1) is 5.82 Å². The van der Waals surface area contributed by atoms with Gasteiger partial charge in [0.25, 0.3) is 5.91 Å². The number of nitrogens with zero attached hydrogens (tertiary/aromatic N) is 1. The maximum Gasteiger partial charge on any atom is 0.329 e. The van der Waals surface area contributed by atoms with E-state index in [1.54, 1.807) is 36.4 Å². The van der Waals surface area contributed by atoms with E-state index in [4.69, 9.17) is 4.74 Å². The van der Waals surface area contributed by atoms with E-state index < -0.39 is 6.03 Å². The van der Waals surface area contributed by atoms with Gasteiger partial charge in [0, 0.05) is 0 Å². The third-order valence-corrected chi connectivity index (χ3v) is 5.34. The molecule has 156 valence electrons. The first-order valence-corrected chi connectivity index (χ1v) is 10.3. The second-order valence-corrected chi connectivity index (χ2v) is 7.82. The molecule has 1 fully saturated rings. The van der Waals surface area contributed by atoms with Crippen molar-refractivity contribution in [1.82, 2.24) is 10.2 Å². The first kappa shape index (κ1) is 20.8. The molecule has 3 aromatic rings. The van der Waals surface area contributed by atoms with Crippen LogP contribution in [-0.4, -0.2) is 16.8 Å². The van der Waals surface area contributed by atoms with Gasteiger partial charge in [-0.05, 0) is 63.0 Å². The molecule has 1 saturated heterocycles. The summed E-state index contributed by atoms with van der Waals surface area (Å²) >= 11 is 3.47. The summed E-state index contributed by atoms with van der Waals surface area (Å²) in [4.78, 5) is 26.1.